The van der Waals surface area contributed by atoms with Crippen molar-refractivity contribution in [3.8, 4) is 0 Å². The van der Waals surface area contributed by atoms with Gasteiger partial charge in [0.2, 0.25) is 0 Å². The third-order valence-electron chi connectivity index (χ3n) is 5.80. The van der Waals surface area contributed by atoms with E-state index in [1.54, 1.807) is 6.07 Å². The highest BCUT2D eigenvalue weighted by Crippen LogP contribution is 2.41. The number of allylic oxidation sites excluding steroid dienone is 3. The van der Waals surface area contributed by atoms with Crippen LogP contribution < -0.4 is 0 Å². The van der Waals surface area contributed by atoms with Gasteiger partial charge in [-0.15, -0.1) is 6.58 Å². The zero-order valence-electron chi connectivity index (χ0n) is 13.7. The number of hydrogen-bond donors (Lipinski definition) is 0. The summed E-state index contributed by atoms with van der Waals surface area (Å²) in [6.45, 7) is 3.85. The van der Waals surface area contributed by atoms with Crippen LogP contribution in [-0.4, -0.2) is 0 Å². The van der Waals surface area contributed by atoms with Crippen LogP contribution in [0.25, 0.3) is 5.57 Å². The standard InChI is InChI=1S/C21H26F2/c1-2-3-15-4-6-16(7-5-15)17-8-10-18(11-9-17)19-12-13-20(22)21(23)14-19/h2,10,12-17H,1,3-9,11H2/t15-,16-,17?. The van der Waals surface area contributed by atoms with E-state index in [9.17, 15) is 8.78 Å². The second-order valence-electron chi connectivity index (χ2n) is 7.20. The molecule has 23 heavy (non-hydrogen) atoms. The summed E-state index contributed by atoms with van der Waals surface area (Å²) in [4.78, 5) is 0. The second-order valence-corrected chi connectivity index (χ2v) is 7.20. The second kappa shape index (κ2) is 7.42. The molecule has 0 spiro atoms. The van der Waals surface area contributed by atoms with E-state index >= 15 is 0 Å². The predicted molar refractivity (Wildman–Crippen MR) is 91.9 cm³/mol. The molecule has 0 bridgehead atoms. The lowest BCUT2D eigenvalue weighted by molar-refractivity contribution is 0.196. The minimum atomic E-state index is -0.765. The summed E-state index contributed by atoms with van der Waals surface area (Å²) < 4.78 is 26.4. The Hall–Kier alpha value is -1.44. The topological polar surface area (TPSA) is 0 Å². The van der Waals surface area contributed by atoms with Gasteiger partial charge in [0, 0.05) is 0 Å². The van der Waals surface area contributed by atoms with Crippen molar-refractivity contribution in [1.82, 2.24) is 0 Å². The molecule has 0 nitrogen and oxygen atoms in total. The Morgan fingerprint density at radius 1 is 1.00 bits per heavy atom. The monoisotopic (exact) mass is 316 g/mol. The van der Waals surface area contributed by atoms with E-state index in [0.29, 0.717) is 0 Å². The Kier molecular flexibility index (Phi) is 5.30. The first kappa shape index (κ1) is 16.4. The smallest absolute Gasteiger partial charge is 0.159 e. The molecule has 0 N–H and O–H groups in total. The molecule has 1 atom stereocenters. The van der Waals surface area contributed by atoms with Crippen molar-refractivity contribution in [3.63, 3.8) is 0 Å². The van der Waals surface area contributed by atoms with Crippen LogP contribution in [0.2, 0.25) is 0 Å². The lowest BCUT2D eigenvalue weighted by atomic mass is 9.70. The van der Waals surface area contributed by atoms with Gasteiger partial charge in [-0.1, -0.05) is 18.2 Å². The first-order valence-corrected chi connectivity index (χ1v) is 8.92. The average molecular weight is 316 g/mol. The Labute approximate surface area is 138 Å². The molecule has 1 aromatic carbocycles. The van der Waals surface area contributed by atoms with Crippen molar-refractivity contribution in [3.05, 3.63) is 54.1 Å². The molecule has 2 aliphatic carbocycles. The Balaban J connectivity index is 1.58. The van der Waals surface area contributed by atoms with E-state index in [1.807, 2.05) is 0 Å². The van der Waals surface area contributed by atoms with Crippen LogP contribution in [0.1, 0.15) is 56.9 Å². The molecule has 0 amide bonds. The molecule has 2 heteroatoms. The third-order valence-corrected chi connectivity index (χ3v) is 5.80. The molecule has 3 rings (SSSR count). The fraction of sp³-hybridized carbons (Fsp3) is 0.524. The van der Waals surface area contributed by atoms with E-state index in [4.69, 9.17) is 0 Å². The molecule has 0 aliphatic heterocycles. The molecule has 0 aromatic heterocycles. The van der Waals surface area contributed by atoms with E-state index < -0.39 is 11.6 Å². The molecule has 1 aromatic rings. The maximum Gasteiger partial charge on any atom is 0.159 e. The van der Waals surface area contributed by atoms with Crippen LogP contribution in [0.3, 0.4) is 0 Å². The number of hydrogen-bond acceptors (Lipinski definition) is 0. The number of halogens is 2. The molecule has 2 aliphatic rings. The summed E-state index contributed by atoms with van der Waals surface area (Å²) in [5.41, 5.74) is 2.03. The van der Waals surface area contributed by atoms with Gasteiger partial charge in [-0.05, 0) is 92.4 Å². The van der Waals surface area contributed by atoms with E-state index in [0.717, 1.165) is 42.6 Å². The molecule has 1 fully saturated rings. The van der Waals surface area contributed by atoms with Gasteiger partial charge in [-0.3, -0.25) is 0 Å². The van der Waals surface area contributed by atoms with Crippen molar-refractivity contribution >= 4 is 5.57 Å². The Bertz CT molecular complexity index is 580. The lowest BCUT2D eigenvalue weighted by Gasteiger charge is -2.35. The van der Waals surface area contributed by atoms with E-state index in [1.165, 1.54) is 49.8 Å². The molecule has 1 unspecified atom stereocenters. The Morgan fingerprint density at radius 3 is 2.39 bits per heavy atom. The highest BCUT2D eigenvalue weighted by atomic mass is 19.2. The highest BCUT2D eigenvalue weighted by molar-refractivity contribution is 5.66. The quantitative estimate of drug-likeness (QED) is 0.554. The van der Waals surface area contributed by atoms with Gasteiger partial charge in [0.15, 0.2) is 11.6 Å². The molecule has 124 valence electrons. The summed E-state index contributed by atoms with van der Waals surface area (Å²) in [6, 6.07) is 4.27. The van der Waals surface area contributed by atoms with E-state index in [2.05, 4.69) is 18.7 Å². The zero-order chi connectivity index (χ0) is 16.2. The molecular formula is C21H26F2. The van der Waals surface area contributed by atoms with Gasteiger partial charge in [-0.2, -0.15) is 0 Å². The maximum absolute atomic E-state index is 13.4. The SMILES string of the molecule is C=CC[C@H]1CC[C@H](C2CC=C(c3ccc(F)c(F)c3)CC2)CC1. The normalized spacial score (nSPS) is 28.3. The fourth-order valence-electron chi connectivity index (χ4n) is 4.37. The van der Waals surface area contributed by atoms with Crippen LogP contribution >= 0.6 is 0 Å². The largest absolute Gasteiger partial charge is 0.204 e. The van der Waals surface area contributed by atoms with Gasteiger partial charge >= 0.3 is 0 Å². The van der Waals surface area contributed by atoms with Gasteiger partial charge in [0.05, 0.1) is 0 Å². The van der Waals surface area contributed by atoms with Gasteiger partial charge < -0.3 is 0 Å². The van der Waals surface area contributed by atoms with Gasteiger partial charge in [0.25, 0.3) is 0 Å². The van der Waals surface area contributed by atoms with Crippen LogP contribution in [0.4, 0.5) is 8.78 Å². The summed E-state index contributed by atoms with van der Waals surface area (Å²) >= 11 is 0. The molecule has 0 heterocycles. The van der Waals surface area contributed by atoms with Crippen molar-refractivity contribution < 1.29 is 8.78 Å². The average Bonchev–Trinajstić information content (AvgIpc) is 2.59. The summed E-state index contributed by atoms with van der Waals surface area (Å²) in [7, 11) is 0. The first-order valence-electron chi connectivity index (χ1n) is 8.92. The van der Waals surface area contributed by atoms with Crippen molar-refractivity contribution in [2.24, 2.45) is 17.8 Å². The fourth-order valence-corrected chi connectivity index (χ4v) is 4.37. The molecule has 1 saturated carbocycles. The zero-order valence-corrected chi connectivity index (χ0v) is 13.7. The highest BCUT2D eigenvalue weighted by Gasteiger charge is 2.28. The van der Waals surface area contributed by atoms with Crippen LogP contribution in [0.15, 0.2) is 36.9 Å². The van der Waals surface area contributed by atoms with Gasteiger partial charge in [-0.25, -0.2) is 8.78 Å². The van der Waals surface area contributed by atoms with Crippen LogP contribution in [-0.2, 0) is 0 Å². The molecule has 0 radical (unpaired) electrons. The predicted octanol–water partition coefficient (Wildman–Crippen LogP) is 6.53. The van der Waals surface area contributed by atoms with Crippen LogP contribution in [0.5, 0.6) is 0 Å². The number of rotatable bonds is 4. The number of benzene rings is 1. The first-order chi connectivity index (χ1) is 11.2. The molecular weight excluding hydrogens is 290 g/mol. The third kappa shape index (κ3) is 3.91. The molecule has 0 saturated heterocycles. The minimum Gasteiger partial charge on any atom is -0.204 e. The summed E-state index contributed by atoms with van der Waals surface area (Å²) in [5.74, 6) is 0.957. The van der Waals surface area contributed by atoms with Gasteiger partial charge in [0.1, 0.15) is 0 Å². The minimum absolute atomic E-state index is 0.744. The maximum atomic E-state index is 13.4. The van der Waals surface area contributed by atoms with Crippen LogP contribution in [0, 0.1) is 29.4 Å². The van der Waals surface area contributed by atoms with Crippen molar-refractivity contribution in [2.45, 2.75) is 51.4 Å². The Morgan fingerprint density at radius 2 is 1.78 bits per heavy atom. The summed E-state index contributed by atoms with van der Waals surface area (Å²) in [6.07, 6.45) is 14.1. The van der Waals surface area contributed by atoms with Crippen molar-refractivity contribution in [2.75, 3.05) is 0 Å². The lowest BCUT2D eigenvalue weighted by Crippen LogP contribution is -2.23. The summed E-state index contributed by atoms with van der Waals surface area (Å²) in [5, 5.41) is 0. The van der Waals surface area contributed by atoms with E-state index in [-0.39, 0.29) is 0 Å². The van der Waals surface area contributed by atoms with Crippen molar-refractivity contribution in [1.29, 1.82) is 0 Å².